The van der Waals surface area contributed by atoms with Crippen LogP contribution in [0.2, 0.25) is 0 Å². The fraction of sp³-hybridized carbons (Fsp3) is 0.235. The normalized spacial score (nSPS) is 17.4. The van der Waals surface area contributed by atoms with Crippen LogP contribution < -0.4 is 10.0 Å². The van der Waals surface area contributed by atoms with Gasteiger partial charge in [-0.15, -0.1) is 0 Å². The van der Waals surface area contributed by atoms with Crippen molar-refractivity contribution in [3.05, 3.63) is 59.9 Å². The number of carbonyl (C=O) groups excluding carboxylic acids is 1. The van der Waals surface area contributed by atoms with Gasteiger partial charge in [-0.2, -0.15) is 0 Å². The number of halogens is 1. The molecule has 1 aliphatic rings. The van der Waals surface area contributed by atoms with Crippen molar-refractivity contribution in [1.82, 2.24) is 4.72 Å². The molecule has 0 radical (unpaired) electrons. The summed E-state index contributed by atoms with van der Waals surface area (Å²) >= 11 is 0. The molecular formula is C17H17FN2O4S. The van der Waals surface area contributed by atoms with Crippen molar-refractivity contribution in [2.45, 2.75) is 17.4 Å². The van der Waals surface area contributed by atoms with Crippen LogP contribution in [0.4, 0.5) is 10.1 Å². The number of hydrogen-bond acceptors (Lipinski definition) is 4. The number of benzene rings is 2. The third kappa shape index (κ3) is 4.41. The maximum Gasteiger partial charge on any atom is 0.255 e. The van der Waals surface area contributed by atoms with Crippen molar-refractivity contribution in [2.24, 2.45) is 0 Å². The Labute approximate surface area is 145 Å². The van der Waals surface area contributed by atoms with E-state index in [-0.39, 0.29) is 16.5 Å². The summed E-state index contributed by atoms with van der Waals surface area (Å²) in [6.07, 6.45) is 0.615. The largest absolute Gasteiger partial charge is 0.380 e. The quantitative estimate of drug-likeness (QED) is 0.851. The minimum absolute atomic E-state index is 0.00570. The van der Waals surface area contributed by atoms with Crippen LogP contribution in [-0.2, 0) is 14.8 Å². The van der Waals surface area contributed by atoms with E-state index < -0.39 is 21.7 Å². The van der Waals surface area contributed by atoms with Gasteiger partial charge in [-0.1, -0.05) is 6.07 Å². The van der Waals surface area contributed by atoms with Crippen LogP contribution in [0.25, 0.3) is 0 Å². The number of rotatable bonds is 5. The lowest BCUT2D eigenvalue weighted by Crippen LogP contribution is -2.35. The Bertz CT molecular complexity index is 862. The number of amides is 1. The van der Waals surface area contributed by atoms with Crippen molar-refractivity contribution in [3.63, 3.8) is 0 Å². The van der Waals surface area contributed by atoms with E-state index in [4.69, 9.17) is 4.74 Å². The van der Waals surface area contributed by atoms with Gasteiger partial charge in [0, 0.05) is 23.9 Å². The molecule has 1 heterocycles. The summed E-state index contributed by atoms with van der Waals surface area (Å²) in [4.78, 5) is 12.3. The van der Waals surface area contributed by atoms with E-state index in [0.29, 0.717) is 25.3 Å². The Morgan fingerprint density at radius 2 is 1.92 bits per heavy atom. The van der Waals surface area contributed by atoms with Gasteiger partial charge in [0.25, 0.3) is 5.91 Å². The number of nitrogens with one attached hydrogen (secondary N) is 2. The summed E-state index contributed by atoms with van der Waals surface area (Å²) in [6.45, 7) is 0.858. The fourth-order valence-corrected chi connectivity index (χ4v) is 3.76. The minimum atomic E-state index is -3.74. The predicted molar refractivity (Wildman–Crippen MR) is 90.3 cm³/mol. The summed E-state index contributed by atoms with van der Waals surface area (Å²) in [5, 5.41) is 2.60. The van der Waals surface area contributed by atoms with Gasteiger partial charge in [-0.3, -0.25) is 4.79 Å². The minimum Gasteiger partial charge on any atom is -0.380 e. The van der Waals surface area contributed by atoms with Crippen LogP contribution in [0.1, 0.15) is 16.8 Å². The van der Waals surface area contributed by atoms with Crippen molar-refractivity contribution in [2.75, 3.05) is 18.5 Å². The first-order valence-corrected chi connectivity index (χ1v) is 9.19. The Morgan fingerprint density at radius 1 is 1.16 bits per heavy atom. The molecule has 0 aliphatic carbocycles. The lowest BCUT2D eigenvalue weighted by atomic mass is 10.2. The predicted octanol–water partition coefficient (Wildman–Crippen LogP) is 2.15. The zero-order valence-corrected chi connectivity index (χ0v) is 14.1. The van der Waals surface area contributed by atoms with Crippen LogP contribution in [0, 0.1) is 5.82 Å². The third-order valence-corrected chi connectivity index (χ3v) is 5.28. The molecule has 3 rings (SSSR count). The van der Waals surface area contributed by atoms with Gasteiger partial charge in [0.1, 0.15) is 5.82 Å². The van der Waals surface area contributed by atoms with Crippen molar-refractivity contribution in [3.8, 4) is 0 Å². The van der Waals surface area contributed by atoms with Gasteiger partial charge < -0.3 is 10.1 Å². The van der Waals surface area contributed by atoms with Gasteiger partial charge in [0.05, 0.1) is 11.5 Å². The summed E-state index contributed by atoms with van der Waals surface area (Å²) in [5.74, 6) is -0.888. The highest BCUT2D eigenvalue weighted by molar-refractivity contribution is 7.89. The van der Waals surface area contributed by atoms with Crippen LogP contribution in [0.3, 0.4) is 0 Å². The molecule has 0 spiro atoms. The van der Waals surface area contributed by atoms with Gasteiger partial charge in [-0.05, 0) is 48.9 Å². The van der Waals surface area contributed by atoms with E-state index in [0.717, 1.165) is 0 Å². The van der Waals surface area contributed by atoms with E-state index >= 15 is 0 Å². The number of sulfonamides is 1. The lowest BCUT2D eigenvalue weighted by Gasteiger charge is -2.12. The zero-order valence-electron chi connectivity index (χ0n) is 13.2. The van der Waals surface area contributed by atoms with Crippen molar-refractivity contribution < 1.29 is 22.3 Å². The summed E-state index contributed by atoms with van der Waals surface area (Å²) in [5.41, 5.74) is 0.607. The topological polar surface area (TPSA) is 84.5 Å². The molecule has 1 fully saturated rings. The summed E-state index contributed by atoms with van der Waals surface area (Å²) < 4.78 is 45.5. The molecule has 0 aromatic heterocycles. The Morgan fingerprint density at radius 3 is 2.60 bits per heavy atom. The SMILES string of the molecule is O=C(Nc1ccc(F)cc1)c1cccc(S(=O)(=O)N[C@@H]2CCOC2)c1. The molecule has 0 bridgehead atoms. The van der Waals surface area contributed by atoms with Gasteiger partial charge in [0.2, 0.25) is 10.0 Å². The van der Waals surface area contributed by atoms with Crippen molar-refractivity contribution in [1.29, 1.82) is 0 Å². The molecule has 0 unspecified atom stereocenters. The Kier molecular flexibility index (Phi) is 5.12. The molecule has 2 aromatic rings. The maximum atomic E-state index is 12.9. The Hall–Kier alpha value is -2.29. The average molecular weight is 364 g/mol. The lowest BCUT2D eigenvalue weighted by molar-refractivity contribution is 0.102. The Balaban J connectivity index is 1.76. The highest BCUT2D eigenvalue weighted by atomic mass is 32.2. The molecule has 1 aliphatic heterocycles. The molecule has 2 N–H and O–H groups in total. The molecule has 6 nitrogen and oxygen atoms in total. The number of anilines is 1. The summed E-state index contributed by atoms with van der Waals surface area (Å²) in [7, 11) is -3.74. The maximum absolute atomic E-state index is 12.9. The van der Waals surface area contributed by atoms with Crippen LogP contribution >= 0.6 is 0 Å². The van der Waals surface area contributed by atoms with E-state index in [2.05, 4.69) is 10.0 Å². The molecule has 1 amide bonds. The fourth-order valence-electron chi connectivity index (χ4n) is 2.46. The first kappa shape index (κ1) is 17.5. The molecule has 2 aromatic carbocycles. The molecule has 1 saturated heterocycles. The first-order valence-electron chi connectivity index (χ1n) is 7.71. The highest BCUT2D eigenvalue weighted by Gasteiger charge is 2.24. The molecule has 25 heavy (non-hydrogen) atoms. The molecule has 0 saturated carbocycles. The zero-order chi connectivity index (χ0) is 17.9. The molecule has 132 valence electrons. The molecular weight excluding hydrogens is 347 g/mol. The second-order valence-corrected chi connectivity index (χ2v) is 7.38. The van der Waals surface area contributed by atoms with Gasteiger partial charge in [-0.25, -0.2) is 17.5 Å². The first-order chi connectivity index (χ1) is 11.9. The van der Waals surface area contributed by atoms with E-state index in [1.807, 2.05) is 0 Å². The van der Waals surface area contributed by atoms with Crippen LogP contribution in [0.5, 0.6) is 0 Å². The van der Waals surface area contributed by atoms with Crippen LogP contribution in [0.15, 0.2) is 53.4 Å². The number of carbonyl (C=O) groups is 1. The van der Waals surface area contributed by atoms with Gasteiger partial charge in [0.15, 0.2) is 0 Å². The third-order valence-electron chi connectivity index (χ3n) is 3.76. The average Bonchev–Trinajstić information content (AvgIpc) is 3.09. The van der Waals surface area contributed by atoms with Crippen LogP contribution in [-0.4, -0.2) is 33.6 Å². The van der Waals surface area contributed by atoms with Crippen molar-refractivity contribution >= 4 is 21.6 Å². The highest BCUT2D eigenvalue weighted by Crippen LogP contribution is 2.16. The second kappa shape index (κ2) is 7.30. The second-order valence-electron chi connectivity index (χ2n) is 5.67. The number of hydrogen-bond donors (Lipinski definition) is 2. The van der Waals surface area contributed by atoms with E-state index in [1.165, 1.54) is 48.5 Å². The number of ether oxygens (including phenoxy) is 1. The standard InChI is InChI=1S/C17H17FN2O4S/c18-13-4-6-14(7-5-13)19-17(21)12-2-1-3-16(10-12)25(22,23)20-15-8-9-24-11-15/h1-7,10,15,20H,8-9,11H2,(H,19,21)/t15-/m1/s1. The monoisotopic (exact) mass is 364 g/mol. The van der Waals surface area contributed by atoms with E-state index in [1.54, 1.807) is 0 Å². The molecule has 8 heteroatoms. The summed E-state index contributed by atoms with van der Waals surface area (Å²) in [6, 6.07) is 10.8. The molecule has 1 atom stereocenters. The smallest absolute Gasteiger partial charge is 0.255 e. The van der Waals surface area contributed by atoms with Gasteiger partial charge >= 0.3 is 0 Å². The van der Waals surface area contributed by atoms with E-state index in [9.17, 15) is 17.6 Å².